The molecule has 0 N–H and O–H groups in total. The van der Waals surface area contributed by atoms with Crippen LogP contribution in [0.5, 0.6) is 5.75 Å². The van der Waals surface area contributed by atoms with Gasteiger partial charge in [-0.15, -0.1) is 0 Å². The van der Waals surface area contributed by atoms with Gasteiger partial charge in [0.1, 0.15) is 5.75 Å². The van der Waals surface area contributed by atoms with Crippen molar-refractivity contribution in [2.24, 2.45) is 12.5 Å². The molecule has 0 spiro atoms. The summed E-state index contributed by atoms with van der Waals surface area (Å²) in [6.07, 6.45) is 4.85. The maximum absolute atomic E-state index is 13.4. The lowest BCUT2D eigenvalue weighted by Gasteiger charge is -2.43. The van der Waals surface area contributed by atoms with Crippen molar-refractivity contribution in [3.8, 4) is 5.75 Å². The van der Waals surface area contributed by atoms with Crippen molar-refractivity contribution in [2.75, 3.05) is 26.7 Å². The summed E-state index contributed by atoms with van der Waals surface area (Å²) in [6.45, 7) is 4.08. The number of piperidine rings is 1. The summed E-state index contributed by atoms with van der Waals surface area (Å²) in [5.41, 5.74) is 2.76. The van der Waals surface area contributed by atoms with E-state index in [4.69, 9.17) is 16.3 Å². The quantitative estimate of drug-likeness (QED) is 0.363. The maximum Gasteiger partial charge on any atom is 0.223 e. The molecule has 2 heterocycles. The summed E-state index contributed by atoms with van der Waals surface area (Å²) in [7, 11) is 3.74. The molecule has 4 rings (SSSR count). The molecule has 0 aliphatic carbocycles. The molecule has 1 aromatic heterocycles. The largest absolute Gasteiger partial charge is 0.493 e. The molecule has 8 heteroatoms. The topological polar surface area (TPSA) is 67.7 Å². The second kappa shape index (κ2) is 12.5. The first-order chi connectivity index (χ1) is 18.2. The normalized spacial score (nSPS) is 17.3. The molecule has 1 saturated heterocycles. The van der Waals surface area contributed by atoms with Gasteiger partial charge in [-0.3, -0.25) is 14.3 Å². The highest BCUT2D eigenvalue weighted by atomic mass is 35.5. The number of halogens is 1. The minimum Gasteiger partial charge on any atom is -0.493 e. The zero-order valence-corrected chi connectivity index (χ0v) is 23.3. The van der Waals surface area contributed by atoms with Crippen LogP contribution >= 0.6 is 11.6 Å². The Kier molecular flexibility index (Phi) is 9.10. The van der Waals surface area contributed by atoms with Gasteiger partial charge >= 0.3 is 0 Å². The van der Waals surface area contributed by atoms with E-state index in [-0.39, 0.29) is 11.8 Å². The molecule has 38 heavy (non-hydrogen) atoms. The molecule has 0 bridgehead atoms. The van der Waals surface area contributed by atoms with Gasteiger partial charge in [-0.2, -0.15) is 5.10 Å². The summed E-state index contributed by atoms with van der Waals surface area (Å²) in [5.74, 6) is 0.812. The van der Waals surface area contributed by atoms with E-state index in [1.165, 1.54) is 0 Å². The van der Waals surface area contributed by atoms with Crippen molar-refractivity contribution >= 4 is 23.4 Å². The van der Waals surface area contributed by atoms with Crippen molar-refractivity contribution in [2.45, 2.75) is 45.6 Å². The Balaban J connectivity index is 1.46. The van der Waals surface area contributed by atoms with Crippen LogP contribution in [0.3, 0.4) is 0 Å². The lowest BCUT2D eigenvalue weighted by Crippen LogP contribution is -2.50. The third-order valence-corrected chi connectivity index (χ3v) is 7.75. The summed E-state index contributed by atoms with van der Waals surface area (Å²) in [4.78, 5) is 30.4. The second-order valence-electron chi connectivity index (χ2n) is 10.5. The SMILES string of the molecule is Cc1c(CCC(=O)N2CCC[C@](COc3cccc(Cl)c3)(CC(=O)N(C)Cc3ccccc3)C2)cnn1C. The predicted molar refractivity (Wildman–Crippen MR) is 149 cm³/mol. The van der Waals surface area contributed by atoms with Gasteiger partial charge in [-0.25, -0.2) is 0 Å². The minimum absolute atomic E-state index is 0.0452. The first-order valence-corrected chi connectivity index (χ1v) is 13.5. The van der Waals surface area contributed by atoms with Crippen LogP contribution in [0, 0.1) is 12.3 Å². The van der Waals surface area contributed by atoms with Crippen LogP contribution in [0.1, 0.15) is 42.5 Å². The average Bonchev–Trinajstić information content (AvgIpc) is 3.23. The van der Waals surface area contributed by atoms with Crippen LogP contribution in [-0.4, -0.2) is 58.1 Å². The van der Waals surface area contributed by atoms with Gasteiger partial charge in [0.15, 0.2) is 0 Å². The molecule has 202 valence electrons. The first kappa shape index (κ1) is 27.7. The number of likely N-dealkylation sites (tertiary alicyclic amines) is 1. The van der Waals surface area contributed by atoms with Crippen LogP contribution < -0.4 is 4.74 Å². The monoisotopic (exact) mass is 536 g/mol. The van der Waals surface area contributed by atoms with Crippen molar-refractivity contribution in [3.63, 3.8) is 0 Å². The highest BCUT2D eigenvalue weighted by Crippen LogP contribution is 2.36. The molecule has 0 radical (unpaired) electrons. The van der Waals surface area contributed by atoms with Crippen LogP contribution in [0.2, 0.25) is 5.02 Å². The Bertz CT molecular complexity index is 1250. The lowest BCUT2D eigenvalue weighted by molar-refractivity contribution is -0.141. The van der Waals surface area contributed by atoms with Crippen LogP contribution in [0.25, 0.3) is 0 Å². The highest BCUT2D eigenvalue weighted by Gasteiger charge is 2.40. The van der Waals surface area contributed by atoms with E-state index < -0.39 is 5.41 Å². The molecule has 1 aliphatic heterocycles. The first-order valence-electron chi connectivity index (χ1n) is 13.2. The minimum atomic E-state index is -0.484. The van der Waals surface area contributed by atoms with Crippen molar-refractivity contribution in [3.05, 3.63) is 82.6 Å². The molecular weight excluding hydrogens is 500 g/mol. The van der Waals surface area contributed by atoms with Gasteiger partial charge in [-0.05, 0) is 55.5 Å². The molecular formula is C30H37ClN4O3. The molecule has 0 saturated carbocycles. The molecule has 1 atom stereocenters. The Morgan fingerprint density at radius 2 is 1.95 bits per heavy atom. The molecule has 3 aromatic rings. The maximum atomic E-state index is 13.4. The number of hydrogen-bond acceptors (Lipinski definition) is 4. The van der Waals surface area contributed by atoms with E-state index in [0.29, 0.717) is 56.3 Å². The van der Waals surface area contributed by atoms with Crippen molar-refractivity contribution in [1.29, 1.82) is 0 Å². The van der Waals surface area contributed by atoms with E-state index in [1.807, 2.05) is 79.3 Å². The summed E-state index contributed by atoms with van der Waals surface area (Å²) in [6, 6.07) is 17.3. The van der Waals surface area contributed by atoms with Crippen molar-refractivity contribution in [1.82, 2.24) is 19.6 Å². The molecule has 1 fully saturated rings. The Morgan fingerprint density at radius 1 is 1.16 bits per heavy atom. The summed E-state index contributed by atoms with van der Waals surface area (Å²) < 4.78 is 8.03. The Labute approximate surface area is 230 Å². The van der Waals surface area contributed by atoms with Gasteiger partial charge in [0, 0.05) is 62.7 Å². The summed E-state index contributed by atoms with van der Waals surface area (Å²) >= 11 is 6.17. The number of nitrogens with zero attached hydrogens (tertiary/aromatic N) is 4. The third kappa shape index (κ3) is 7.16. The molecule has 2 aromatic carbocycles. The van der Waals surface area contributed by atoms with E-state index in [2.05, 4.69) is 5.10 Å². The number of aryl methyl sites for hydroxylation is 2. The Morgan fingerprint density at radius 3 is 2.66 bits per heavy atom. The fraction of sp³-hybridized carbons (Fsp3) is 0.433. The van der Waals surface area contributed by atoms with Crippen LogP contribution in [0.4, 0.5) is 0 Å². The standard InChI is InChI=1S/C30H37ClN4O3/c1-23-25(19-32-34(23)3)13-14-28(36)35-16-8-15-30(21-35,22-38-27-12-7-11-26(31)17-27)18-29(37)33(2)20-24-9-5-4-6-10-24/h4-7,9-12,17,19H,8,13-16,18,20-22H2,1-3H3/t30-/m0/s1. The molecule has 0 unspecified atom stereocenters. The number of benzene rings is 2. The number of aromatic nitrogens is 2. The van der Waals surface area contributed by atoms with Gasteiger partial charge in [-0.1, -0.05) is 48.0 Å². The number of carbonyl (C=O) groups is 2. The van der Waals surface area contributed by atoms with E-state index in [9.17, 15) is 9.59 Å². The molecule has 2 amide bonds. The van der Waals surface area contributed by atoms with Crippen LogP contribution in [0.15, 0.2) is 60.8 Å². The number of rotatable bonds is 10. The van der Waals surface area contributed by atoms with Gasteiger partial charge < -0.3 is 14.5 Å². The number of ether oxygens (including phenoxy) is 1. The van der Waals surface area contributed by atoms with E-state index in [1.54, 1.807) is 17.0 Å². The second-order valence-corrected chi connectivity index (χ2v) is 10.9. The van der Waals surface area contributed by atoms with E-state index in [0.717, 1.165) is 29.7 Å². The summed E-state index contributed by atoms with van der Waals surface area (Å²) in [5, 5.41) is 4.89. The zero-order valence-electron chi connectivity index (χ0n) is 22.5. The number of carbonyl (C=O) groups excluding carboxylic acids is 2. The van der Waals surface area contributed by atoms with Gasteiger partial charge in [0.25, 0.3) is 0 Å². The fourth-order valence-electron chi connectivity index (χ4n) is 5.12. The predicted octanol–water partition coefficient (Wildman–Crippen LogP) is 5.05. The van der Waals surface area contributed by atoms with E-state index >= 15 is 0 Å². The highest BCUT2D eigenvalue weighted by molar-refractivity contribution is 6.30. The molecule has 7 nitrogen and oxygen atoms in total. The third-order valence-electron chi connectivity index (χ3n) is 7.51. The number of hydrogen-bond donors (Lipinski definition) is 0. The number of amides is 2. The van der Waals surface area contributed by atoms with Crippen molar-refractivity contribution < 1.29 is 14.3 Å². The fourth-order valence-corrected chi connectivity index (χ4v) is 5.30. The molecule has 1 aliphatic rings. The lowest BCUT2D eigenvalue weighted by atomic mass is 9.77. The van der Waals surface area contributed by atoms with Crippen LogP contribution in [-0.2, 0) is 29.6 Å². The van der Waals surface area contributed by atoms with Gasteiger partial charge in [0.2, 0.25) is 11.8 Å². The van der Waals surface area contributed by atoms with Gasteiger partial charge in [0.05, 0.1) is 12.8 Å². The zero-order chi connectivity index (χ0) is 27.1. The Hall–Kier alpha value is -3.32. The average molecular weight is 537 g/mol. The smallest absolute Gasteiger partial charge is 0.223 e.